The fourth-order valence-electron chi connectivity index (χ4n) is 1.91. The van der Waals surface area contributed by atoms with Gasteiger partial charge in [-0.2, -0.15) is 5.48 Å². The second-order valence-corrected chi connectivity index (χ2v) is 4.20. The van der Waals surface area contributed by atoms with Gasteiger partial charge in [-0.15, -0.1) is 0 Å². The van der Waals surface area contributed by atoms with Gasteiger partial charge in [-0.05, 0) is 19.1 Å². The largest absolute Gasteiger partial charge is 0.382 e. The van der Waals surface area contributed by atoms with Gasteiger partial charge in [0.2, 0.25) is 0 Å². The third-order valence-corrected chi connectivity index (χ3v) is 2.86. The normalized spacial score (nSPS) is 13.1. The summed E-state index contributed by atoms with van der Waals surface area (Å²) in [5.41, 5.74) is 5.10. The maximum absolute atomic E-state index is 5.31. The van der Waals surface area contributed by atoms with Gasteiger partial charge in [0.05, 0.1) is 30.3 Å². The number of hydroxylamine groups is 1. The first-order valence-electron chi connectivity index (χ1n) is 6.01. The standard InChI is InChI=1S/C13H19N3O2/c1-10(15-18-9-8-17-3)13-14-11-6-4-5-7-12(11)16(13)2/h4-7,10,15H,8-9H2,1-3H3. The van der Waals surface area contributed by atoms with Crippen LogP contribution in [0.25, 0.3) is 11.0 Å². The zero-order chi connectivity index (χ0) is 13.0. The van der Waals surface area contributed by atoms with E-state index in [0.29, 0.717) is 13.2 Å². The van der Waals surface area contributed by atoms with E-state index in [1.807, 2.05) is 32.2 Å². The van der Waals surface area contributed by atoms with Gasteiger partial charge in [-0.3, -0.25) is 4.84 Å². The first-order valence-corrected chi connectivity index (χ1v) is 6.01. The minimum Gasteiger partial charge on any atom is -0.382 e. The summed E-state index contributed by atoms with van der Waals surface area (Å²) in [4.78, 5) is 9.91. The molecular weight excluding hydrogens is 230 g/mol. The summed E-state index contributed by atoms with van der Waals surface area (Å²) in [5.74, 6) is 0.952. The molecule has 1 heterocycles. The summed E-state index contributed by atoms with van der Waals surface area (Å²) in [6, 6.07) is 8.11. The molecule has 0 fully saturated rings. The molecule has 5 heteroatoms. The van der Waals surface area contributed by atoms with Crippen molar-refractivity contribution in [1.82, 2.24) is 15.0 Å². The molecular formula is C13H19N3O2. The van der Waals surface area contributed by atoms with E-state index in [9.17, 15) is 0 Å². The topological polar surface area (TPSA) is 48.3 Å². The lowest BCUT2D eigenvalue weighted by molar-refractivity contribution is -0.0110. The van der Waals surface area contributed by atoms with Crippen molar-refractivity contribution in [3.05, 3.63) is 30.1 Å². The number of imidazole rings is 1. The molecule has 98 valence electrons. The molecule has 2 rings (SSSR count). The summed E-state index contributed by atoms with van der Waals surface area (Å²) < 4.78 is 6.99. The van der Waals surface area contributed by atoms with Crippen LogP contribution in [-0.2, 0) is 16.6 Å². The number of rotatable bonds is 6. The van der Waals surface area contributed by atoms with Crippen LogP contribution in [0.5, 0.6) is 0 Å². The summed E-state index contributed by atoms with van der Waals surface area (Å²) >= 11 is 0. The maximum Gasteiger partial charge on any atom is 0.128 e. The van der Waals surface area contributed by atoms with E-state index in [1.165, 1.54) is 0 Å². The zero-order valence-corrected chi connectivity index (χ0v) is 11.0. The van der Waals surface area contributed by atoms with E-state index in [0.717, 1.165) is 16.9 Å². The Morgan fingerprint density at radius 2 is 2.11 bits per heavy atom. The molecule has 0 saturated heterocycles. The number of aromatic nitrogens is 2. The zero-order valence-electron chi connectivity index (χ0n) is 11.0. The Balaban J connectivity index is 2.08. The summed E-state index contributed by atoms with van der Waals surface area (Å²) in [6.45, 7) is 3.11. The Bertz CT molecular complexity index is 510. The number of methoxy groups -OCH3 is 1. The van der Waals surface area contributed by atoms with Crippen LogP contribution in [0, 0.1) is 0 Å². The van der Waals surface area contributed by atoms with Gasteiger partial charge in [0, 0.05) is 14.2 Å². The first kappa shape index (κ1) is 13.0. The fraction of sp³-hybridized carbons (Fsp3) is 0.462. The van der Waals surface area contributed by atoms with Crippen LogP contribution in [0.3, 0.4) is 0 Å². The average Bonchev–Trinajstić information content (AvgIpc) is 2.73. The number of ether oxygens (including phenoxy) is 1. The first-order chi connectivity index (χ1) is 8.74. The van der Waals surface area contributed by atoms with Crippen LogP contribution in [-0.4, -0.2) is 29.9 Å². The molecule has 0 amide bonds. The molecule has 0 aliphatic heterocycles. The number of nitrogens with zero attached hydrogens (tertiary/aromatic N) is 2. The van der Waals surface area contributed by atoms with Crippen molar-refractivity contribution < 1.29 is 9.57 Å². The quantitative estimate of drug-likeness (QED) is 0.626. The van der Waals surface area contributed by atoms with Crippen LogP contribution in [0.4, 0.5) is 0 Å². The third kappa shape index (κ3) is 2.69. The Labute approximate surface area is 107 Å². The van der Waals surface area contributed by atoms with Gasteiger partial charge in [0.15, 0.2) is 0 Å². The van der Waals surface area contributed by atoms with Crippen LogP contribution in [0.15, 0.2) is 24.3 Å². The highest BCUT2D eigenvalue weighted by atomic mass is 16.7. The van der Waals surface area contributed by atoms with Crippen molar-refractivity contribution >= 4 is 11.0 Å². The summed E-state index contributed by atoms with van der Waals surface area (Å²) in [6.07, 6.45) is 0. The van der Waals surface area contributed by atoms with Crippen molar-refractivity contribution in [2.45, 2.75) is 13.0 Å². The number of aryl methyl sites for hydroxylation is 1. The predicted octanol–water partition coefficient (Wildman–Crippen LogP) is 1.80. The van der Waals surface area contributed by atoms with Crippen LogP contribution >= 0.6 is 0 Å². The van der Waals surface area contributed by atoms with Crippen molar-refractivity contribution in [1.29, 1.82) is 0 Å². The molecule has 1 aromatic heterocycles. The molecule has 0 spiro atoms. The van der Waals surface area contributed by atoms with E-state index in [-0.39, 0.29) is 6.04 Å². The van der Waals surface area contributed by atoms with E-state index < -0.39 is 0 Å². The van der Waals surface area contributed by atoms with Crippen LogP contribution in [0.1, 0.15) is 18.8 Å². The number of fused-ring (bicyclic) bond motifs is 1. The van der Waals surface area contributed by atoms with E-state index in [4.69, 9.17) is 9.57 Å². The molecule has 2 aromatic rings. The molecule has 0 bridgehead atoms. The van der Waals surface area contributed by atoms with E-state index in [1.54, 1.807) is 7.11 Å². The minimum atomic E-state index is 0.0271. The van der Waals surface area contributed by atoms with Crippen molar-refractivity contribution in [3.63, 3.8) is 0 Å². The number of nitrogens with one attached hydrogen (secondary N) is 1. The molecule has 1 unspecified atom stereocenters. The molecule has 5 nitrogen and oxygen atoms in total. The highest BCUT2D eigenvalue weighted by Gasteiger charge is 2.13. The van der Waals surface area contributed by atoms with E-state index in [2.05, 4.69) is 21.1 Å². The number of para-hydroxylation sites is 2. The Kier molecular flexibility index (Phi) is 4.30. The highest BCUT2D eigenvalue weighted by Crippen LogP contribution is 2.18. The van der Waals surface area contributed by atoms with Crippen molar-refractivity contribution in [3.8, 4) is 0 Å². The van der Waals surface area contributed by atoms with Crippen LogP contribution < -0.4 is 5.48 Å². The maximum atomic E-state index is 5.31. The number of benzene rings is 1. The highest BCUT2D eigenvalue weighted by molar-refractivity contribution is 5.75. The molecule has 0 radical (unpaired) electrons. The SMILES string of the molecule is COCCONC(C)c1nc2ccccc2n1C. The summed E-state index contributed by atoms with van der Waals surface area (Å²) in [7, 11) is 3.66. The lowest BCUT2D eigenvalue weighted by Crippen LogP contribution is -2.23. The lowest BCUT2D eigenvalue weighted by Gasteiger charge is -2.13. The monoisotopic (exact) mass is 249 g/mol. The Morgan fingerprint density at radius 3 is 2.83 bits per heavy atom. The lowest BCUT2D eigenvalue weighted by atomic mass is 10.3. The van der Waals surface area contributed by atoms with Gasteiger partial charge in [-0.1, -0.05) is 12.1 Å². The second kappa shape index (κ2) is 5.95. The molecule has 18 heavy (non-hydrogen) atoms. The van der Waals surface area contributed by atoms with Crippen LogP contribution in [0.2, 0.25) is 0 Å². The van der Waals surface area contributed by atoms with Gasteiger partial charge in [0.1, 0.15) is 5.82 Å². The van der Waals surface area contributed by atoms with Gasteiger partial charge in [-0.25, -0.2) is 4.98 Å². The van der Waals surface area contributed by atoms with Gasteiger partial charge in [0.25, 0.3) is 0 Å². The number of hydrogen-bond donors (Lipinski definition) is 1. The Morgan fingerprint density at radius 1 is 1.33 bits per heavy atom. The number of hydrogen-bond acceptors (Lipinski definition) is 4. The predicted molar refractivity (Wildman–Crippen MR) is 70.1 cm³/mol. The van der Waals surface area contributed by atoms with Gasteiger partial charge < -0.3 is 9.30 Å². The molecule has 1 atom stereocenters. The molecule has 1 aromatic carbocycles. The molecule has 1 N–H and O–H groups in total. The van der Waals surface area contributed by atoms with Crippen molar-refractivity contribution in [2.75, 3.05) is 20.3 Å². The van der Waals surface area contributed by atoms with Crippen molar-refractivity contribution in [2.24, 2.45) is 7.05 Å². The minimum absolute atomic E-state index is 0.0271. The molecule has 0 aliphatic carbocycles. The summed E-state index contributed by atoms with van der Waals surface area (Å²) in [5, 5.41) is 0. The molecule has 0 aliphatic rings. The molecule has 0 saturated carbocycles. The third-order valence-electron chi connectivity index (χ3n) is 2.86. The van der Waals surface area contributed by atoms with E-state index >= 15 is 0 Å². The fourth-order valence-corrected chi connectivity index (χ4v) is 1.91. The smallest absolute Gasteiger partial charge is 0.128 e. The second-order valence-electron chi connectivity index (χ2n) is 4.20. The van der Waals surface area contributed by atoms with Gasteiger partial charge >= 0.3 is 0 Å². The Hall–Kier alpha value is -1.43. The average molecular weight is 249 g/mol.